The smallest absolute Gasteiger partial charge is 0.132 e. The first-order chi connectivity index (χ1) is 6.27. The van der Waals surface area contributed by atoms with Crippen LogP contribution in [0, 0.1) is 11.8 Å². The topological polar surface area (TPSA) is 43.1 Å². The summed E-state index contributed by atoms with van der Waals surface area (Å²) in [5.74, 6) is 1.86. The lowest BCUT2D eigenvalue weighted by atomic mass is 9.71. The van der Waals surface area contributed by atoms with Crippen LogP contribution in [0.4, 0.5) is 0 Å². The van der Waals surface area contributed by atoms with E-state index in [9.17, 15) is 4.79 Å². The average Bonchev–Trinajstić information content (AvgIpc) is 2.02. The Morgan fingerprint density at radius 1 is 1.08 bits per heavy atom. The van der Waals surface area contributed by atoms with Crippen molar-refractivity contribution in [3.8, 4) is 0 Å². The minimum Gasteiger partial charge on any atom is -0.327 e. The highest BCUT2D eigenvalue weighted by molar-refractivity contribution is 5.79. The fourth-order valence-electron chi connectivity index (χ4n) is 2.56. The second-order valence-corrected chi connectivity index (χ2v) is 4.64. The summed E-state index contributed by atoms with van der Waals surface area (Å²) in [6.45, 7) is 0. The molecule has 0 saturated heterocycles. The molecule has 2 rings (SSSR count). The molecule has 0 aromatic heterocycles. The quantitative estimate of drug-likeness (QED) is 0.706. The first kappa shape index (κ1) is 9.20. The molecule has 2 saturated carbocycles. The van der Waals surface area contributed by atoms with Gasteiger partial charge in [0.2, 0.25) is 0 Å². The van der Waals surface area contributed by atoms with Gasteiger partial charge in [0.05, 0.1) is 0 Å². The maximum atomic E-state index is 11.0. The number of carbonyl (C=O) groups excluding carboxylic acids is 1. The maximum Gasteiger partial charge on any atom is 0.132 e. The SMILES string of the molecule is NC(C1CCC1)C1CCC(=O)CC1. The van der Waals surface area contributed by atoms with Crippen LogP contribution in [0.2, 0.25) is 0 Å². The number of Topliss-reactive ketones (excluding diaryl/α,β-unsaturated/α-hetero) is 1. The predicted octanol–water partition coefficient (Wildman–Crippen LogP) is 1.87. The molecule has 0 aromatic rings. The number of hydrogen-bond donors (Lipinski definition) is 1. The van der Waals surface area contributed by atoms with Gasteiger partial charge < -0.3 is 5.73 Å². The Bertz CT molecular complexity index is 188. The molecule has 0 heterocycles. The largest absolute Gasteiger partial charge is 0.327 e. The molecule has 1 unspecified atom stereocenters. The van der Waals surface area contributed by atoms with Crippen LogP contribution < -0.4 is 5.73 Å². The maximum absolute atomic E-state index is 11.0. The molecular weight excluding hydrogens is 162 g/mol. The van der Waals surface area contributed by atoms with Crippen LogP contribution in [0.1, 0.15) is 44.9 Å². The summed E-state index contributed by atoms with van der Waals surface area (Å²) < 4.78 is 0. The third-order valence-corrected chi connectivity index (χ3v) is 3.83. The highest BCUT2D eigenvalue weighted by Gasteiger charge is 2.32. The Balaban J connectivity index is 1.82. The monoisotopic (exact) mass is 181 g/mol. The third-order valence-electron chi connectivity index (χ3n) is 3.83. The van der Waals surface area contributed by atoms with E-state index in [1.165, 1.54) is 19.3 Å². The fourth-order valence-corrected chi connectivity index (χ4v) is 2.56. The van der Waals surface area contributed by atoms with E-state index in [0.29, 0.717) is 17.7 Å². The molecule has 2 aliphatic rings. The molecule has 2 nitrogen and oxygen atoms in total. The average molecular weight is 181 g/mol. The molecule has 13 heavy (non-hydrogen) atoms. The number of nitrogens with two attached hydrogens (primary N) is 1. The lowest BCUT2D eigenvalue weighted by Gasteiger charge is -2.37. The summed E-state index contributed by atoms with van der Waals surface area (Å²) in [6.07, 6.45) is 7.68. The van der Waals surface area contributed by atoms with E-state index in [2.05, 4.69) is 0 Å². The van der Waals surface area contributed by atoms with Crippen molar-refractivity contribution in [1.29, 1.82) is 0 Å². The Morgan fingerprint density at radius 3 is 2.08 bits per heavy atom. The van der Waals surface area contributed by atoms with E-state index in [0.717, 1.165) is 31.6 Å². The van der Waals surface area contributed by atoms with Gasteiger partial charge >= 0.3 is 0 Å². The van der Waals surface area contributed by atoms with Gasteiger partial charge in [-0.15, -0.1) is 0 Å². The molecule has 2 heteroatoms. The zero-order chi connectivity index (χ0) is 9.26. The molecule has 2 aliphatic carbocycles. The van der Waals surface area contributed by atoms with Gasteiger partial charge in [-0.25, -0.2) is 0 Å². The molecule has 0 aromatic carbocycles. The van der Waals surface area contributed by atoms with Gasteiger partial charge in [0.25, 0.3) is 0 Å². The van der Waals surface area contributed by atoms with Gasteiger partial charge in [0.15, 0.2) is 0 Å². The van der Waals surface area contributed by atoms with Gasteiger partial charge in [-0.1, -0.05) is 6.42 Å². The Kier molecular flexibility index (Phi) is 2.68. The summed E-state index contributed by atoms with van der Waals surface area (Å²) in [6, 6.07) is 0.391. The summed E-state index contributed by atoms with van der Waals surface area (Å²) in [5, 5.41) is 0. The Labute approximate surface area is 79.9 Å². The molecule has 2 fully saturated rings. The number of ketones is 1. The lowest BCUT2D eigenvalue weighted by Crippen LogP contribution is -2.42. The van der Waals surface area contributed by atoms with Crippen molar-refractivity contribution in [1.82, 2.24) is 0 Å². The van der Waals surface area contributed by atoms with Gasteiger partial charge in [-0.05, 0) is 37.5 Å². The van der Waals surface area contributed by atoms with Crippen molar-refractivity contribution in [2.75, 3.05) is 0 Å². The summed E-state index contributed by atoms with van der Waals surface area (Å²) in [4.78, 5) is 11.0. The van der Waals surface area contributed by atoms with Crippen molar-refractivity contribution in [2.45, 2.75) is 51.0 Å². The second kappa shape index (κ2) is 3.79. The van der Waals surface area contributed by atoms with Crippen molar-refractivity contribution in [3.05, 3.63) is 0 Å². The summed E-state index contributed by atoms with van der Waals surface area (Å²) in [7, 11) is 0. The van der Waals surface area contributed by atoms with Crippen LogP contribution in [0.15, 0.2) is 0 Å². The van der Waals surface area contributed by atoms with Crippen LogP contribution in [0.3, 0.4) is 0 Å². The van der Waals surface area contributed by atoms with Gasteiger partial charge in [0, 0.05) is 18.9 Å². The van der Waals surface area contributed by atoms with E-state index < -0.39 is 0 Å². The molecule has 2 N–H and O–H groups in total. The fraction of sp³-hybridized carbons (Fsp3) is 0.909. The van der Waals surface area contributed by atoms with Crippen molar-refractivity contribution in [2.24, 2.45) is 17.6 Å². The van der Waals surface area contributed by atoms with Gasteiger partial charge in [0.1, 0.15) is 5.78 Å². The molecule has 1 atom stereocenters. The van der Waals surface area contributed by atoms with E-state index in [1.807, 2.05) is 0 Å². The summed E-state index contributed by atoms with van der Waals surface area (Å²) >= 11 is 0. The van der Waals surface area contributed by atoms with Crippen molar-refractivity contribution < 1.29 is 4.79 Å². The van der Waals surface area contributed by atoms with Crippen molar-refractivity contribution in [3.63, 3.8) is 0 Å². The summed E-state index contributed by atoms with van der Waals surface area (Å²) in [5.41, 5.74) is 6.19. The Morgan fingerprint density at radius 2 is 1.62 bits per heavy atom. The van der Waals surface area contributed by atoms with E-state index in [4.69, 9.17) is 5.73 Å². The highest BCUT2D eigenvalue weighted by atomic mass is 16.1. The van der Waals surface area contributed by atoms with E-state index in [-0.39, 0.29) is 0 Å². The van der Waals surface area contributed by atoms with Gasteiger partial charge in [-0.2, -0.15) is 0 Å². The van der Waals surface area contributed by atoms with Crippen LogP contribution in [0.5, 0.6) is 0 Å². The number of rotatable bonds is 2. The molecule has 74 valence electrons. The van der Waals surface area contributed by atoms with Crippen LogP contribution in [0.25, 0.3) is 0 Å². The zero-order valence-electron chi connectivity index (χ0n) is 8.17. The number of hydrogen-bond acceptors (Lipinski definition) is 2. The van der Waals surface area contributed by atoms with Crippen LogP contribution in [-0.4, -0.2) is 11.8 Å². The lowest BCUT2D eigenvalue weighted by molar-refractivity contribution is -0.121. The minimum atomic E-state index is 0.391. The molecular formula is C11H19NO. The van der Waals surface area contributed by atoms with Crippen LogP contribution in [-0.2, 0) is 4.79 Å². The molecule has 0 bridgehead atoms. The van der Waals surface area contributed by atoms with Gasteiger partial charge in [-0.3, -0.25) is 4.79 Å². The first-order valence-corrected chi connectivity index (χ1v) is 5.54. The third kappa shape index (κ3) is 1.93. The zero-order valence-corrected chi connectivity index (χ0v) is 8.17. The predicted molar refractivity (Wildman–Crippen MR) is 52.3 cm³/mol. The molecule has 0 amide bonds. The molecule has 0 radical (unpaired) electrons. The van der Waals surface area contributed by atoms with Crippen LogP contribution >= 0.6 is 0 Å². The minimum absolute atomic E-state index is 0.391. The number of carbonyl (C=O) groups is 1. The van der Waals surface area contributed by atoms with E-state index >= 15 is 0 Å². The first-order valence-electron chi connectivity index (χ1n) is 5.54. The van der Waals surface area contributed by atoms with Crippen molar-refractivity contribution >= 4 is 5.78 Å². The normalized spacial score (nSPS) is 28.5. The Hall–Kier alpha value is -0.370. The standard InChI is InChI=1S/C11H19NO/c12-11(8-2-1-3-8)9-4-6-10(13)7-5-9/h8-9,11H,1-7,12H2. The molecule has 0 aliphatic heterocycles. The van der Waals surface area contributed by atoms with E-state index in [1.54, 1.807) is 0 Å². The highest BCUT2D eigenvalue weighted by Crippen LogP contribution is 2.35. The molecule has 0 spiro atoms. The second-order valence-electron chi connectivity index (χ2n) is 4.64.